The lowest BCUT2D eigenvalue weighted by Crippen LogP contribution is -2.32. The fourth-order valence-electron chi connectivity index (χ4n) is 9.17. The van der Waals surface area contributed by atoms with Gasteiger partial charge in [-0.25, -0.2) is 0 Å². The molecular formula is C46H27N5S. The Morgan fingerprint density at radius 3 is 1.44 bits per heavy atom. The SMILES string of the molecule is c1cnc2c(c1)C1(c3ccc(-n4c5ccccc5c5ccccc54)cc3Sc3cc(-n4c5ccccc5c5ccncc54)ccc31)c1cccnc1-2. The molecule has 6 heteroatoms. The molecule has 0 bridgehead atoms. The number of fused-ring (bicyclic) bond motifs is 15. The molecule has 242 valence electrons. The van der Waals surface area contributed by atoms with Crippen molar-refractivity contribution in [3.05, 3.63) is 187 Å². The molecule has 6 heterocycles. The Balaban J connectivity index is 1.16. The first-order valence-corrected chi connectivity index (χ1v) is 18.3. The van der Waals surface area contributed by atoms with E-state index in [9.17, 15) is 0 Å². The van der Waals surface area contributed by atoms with Gasteiger partial charge in [-0.2, -0.15) is 0 Å². The Hall–Kier alpha value is -6.50. The van der Waals surface area contributed by atoms with Crippen LogP contribution in [0.3, 0.4) is 0 Å². The molecule has 52 heavy (non-hydrogen) atoms. The molecular weight excluding hydrogens is 655 g/mol. The number of rotatable bonds is 2. The fraction of sp³-hybridized carbons (Fsp3) is 0.0217. The molecule has 0 saturated heterocycles. The molecule has 0 N–H and O–H groups in total. The Bertz CT molecular complexity index is 2820. The van der Waals surface area contributed by atoms with Gasteiger partial charge in [-0.1, -0.05) is 90.6 Å². The highest BCUT2D eigenvalue weighted by Crippen LogP contribution is 2.61. The van der Waals surface area contributed by atoms with Gasteiger partial charge in [0, 0.05) is 61.3 Å². The van der Waals surface area contributed by atoms with E-state index in [0.29, 0.717) is 0 Å². The Kier molecular flexibility index (Phi) is 5.58. The summed E-state index contributed by atoms with van der Waals surface area (Å²) in [5.74, 6) is 0. The van der Waals surface area contributed by atoms with Crippen molar-refractivity contribution in [2.45, 2.75) is 15.2 Å². The first kappa shape index (κ1) is 28.2. The minimum absolute atomic E-state index is 0.580. The number of nitrogens with zero attached hydrogens (tertiary/aromatic N) is 5. The summed E-state index contributed by atoms with van der Waals surface area (Å²) in [7, 11) is 0. The number of hydrogen-bond acceptors (Lipinski definition) is 4. The monoisotopic (exact) mass is 681 g/mol. The molecule has 0 unspecified atom stereocenters. The first-order valence-electron chi connectivity index (χ1n) is 17.5. The number of pyridine rings is 3. The van der Waals surface area contributed by atoms with Gasteiger partial charge < -0.3 is 9.13 Å². The van der Waals surface area contributed by atoms with E-state index in [4.69, 9.17) is 9.97 Å². The van der Waals surface area contributed by atoms with Crippen LogP contribution < -0.4 is 0 Å². The molecule has 5 aromatic carbocycles. The zero-order chi connectivity index (χ0) is 34.0. The van der Waals surface area contributed by atoms with Crippen LogP contribution in [0.5, 0.6) is 0 Å². The van der Waals surface area contributed by atoms with Gasteiger partial charge in [0.15, 0.2) is 0 Å². The van der Waals surface area contributed by atoms with Crippen LogP contribution in [0.15, 0.2) is 174 Å². The van der Waals surface area contributed by atoms with Gasteiger partial charge in [-0.05, 0) is 82.9 Å². The van der Waals surface area contributed by atoms with Crippen molar-refractivity contribution in [3.63, 3.8) is 0 Å². The van der Waals surface area contributed by atoms with Crippen LogP contribution in [0, 0.1) is 0 Å². The third-order valence-corrected chi connectivity index (χ3v) is 12.3. The standard InChI is InChI=1S/C46H27N5S/c1-4-14-38-30(9-1)31-10-2-5-15-39(31)50(38)28-17-19-34-42(25-28)52-43-26-29(51-40-16-6-3-11-32(40)33-21-24-47-27-41(33)51)18-20-35(43)46(34)36-12-7-22-48-44(36)45-37(46)13-8-23-49-45/h1-27H. The lowest BCUT2D eigenvalue weighted by Gasteiger charge is -2.39. The predicted molar refractivity (Wildman–Crippen MR) is 210 cm³/mol. The van der Waals surface area contributed by atoms with Crippen molar-refractivity contribution in [2.75, 3.05) is 0 Å². The van der Waals surface area contributed by atoms with E-state index < -0.39 is 5.41 Å². The van der Waals surface area contributed by atoms with Crippen molar-refractivity contribution >= 4 is 55.4 Å². The minimum atomic E-state index is -0.580. The van der Waals surface area contributed by atoms with E-state index in [1.54, 1.807) is 0 Å². The highest BCUT2D eigenvalue weighted by atomic mass is 32.2. The summed E-state index contributed by atoms with van der Waals surface area (Å²) < 4.78 is 4.77. The summed E-state index contributed by atoms with van der Waals surface area (Å²) in [6.45, 7) is 0. The van der Waals surface area contributed by atoms with E-state index in [1.807, 2.05) is 36.5 Å². The van der Waals surface area contributed by atoms with Gasteiger partial charge in [-0.15, -0.1) is 0 Å². The zero-order valence-electron chi connectivity index (χ0n) is 27.7. The molecule has 5 nitrogen and oxygen atoms in total. The lowest BCUT2D eigenvalue weighted by molar-refractivity contribution is 0.718. The predicted octanol–water partition coefficient (Wildman–Crippen LogP) is 10.9. The second-order valence-electron chi connectivity index (χ2n) is 13.6. The molecule has 0 amide bonds. The van der Waals surface area contributed by atoms with Crippen LogP contribution in [0.4, 0.5) is 0 Å². The second-order valence-corrected chi connectivity index (χ2v) is 14.7. The fourth-order valence-corrected chi connectivity index (χ4v) is 10.4. The van der Waals surface area contributed by atoms with E-state index in [0.717, 1.165) is 28.3 Å². The molecule has 0 saturated carbocycles. The topological polar surface area (TPSA) is 48.5 Å². The molecule has 2 aliphatic rings. The molecule has 1 aliphatic heterocycles. The number of hydrogen-bond donors (Lipinski definition) is 0. The quantitative estimate of drug-likeness (QED) is 0.182. The summed E-state index contributed by atoms with van der Waals surface area (Å²) in [5, 5.41) is 4.93. The van der Waals surface area contributed by atoms with Crippen LogP contribution in [0.2, 0.25) is 0 Å². The third-order valence-electron chi connectivity index (χ3n) is 11.2. The largest absolute Gasteiger partial charge is 0.309 e. The van der Waals surface area contributed by atoms with Crippen molar-refractivity contribution < 1.29 is 0 Å². The van der Waals surface area contributed by atoms with Crippen LogP contribution in [-0.2, 0) is 5.41 Å². The van der Waals surface area contributed by atoms with Crippen LogP contribution in [0.25, 0.3) is 66.4 Å². The van der Waals surface area contributed by atoms with Crippen LogP contribution >= 0.6 is 11.8 Å². The average Bonchev–Trinajstić information content (AvgIpc) is 3.83. The van der Waals surface area contributed by atoms with Crippen LogP contribution in [0.1, 0.15) is 22.3 Å². The molecule has 1 spiro atoms. The van der Waals surface area contributed by atoms with E-state index in [-0.39, 0.29) is 0 Å². The molecule has 5 aromatic heterocycles. The van der Waals surface area contributed by atoms with E-state index in [1.165, 1.54) is 70.1 Å². The maximum absolute atomic E-state index is 4.96. The molecule has 0 radical (unpaired) electrons. The summed E-state index contributed by atoms with van der Waals surface area (Å²) in [6, 6.07) is 50.9. The Labute approximate surface area is 302 Å². The maximum Gasteiger partial charge on any atom is 0.0937 e. The van der Waals surface area contributed by atoms with Crippen molar-refractivity contribution in [2.24, 2.45) is 0 Å². The number of aromatic nitrogens is 5. The molecule has 10 aromatic rings. The third kappa shape index (κ3) is 3.52. The van der Waals surface area contributed by atoms with Gasteiger partial charge in [0.05, 0.1) is 45.1 Å². The highest BCUT2D eigenvalue weighted by molar-refractivity contribution is 7.99. The molecule has 0 fully saturated rings. The molecule has 0 atom stereocenters. The van der Waals surface area contributed by atoms with Crippen molar-refractivity contribution in [1.82, 2.24) is 24.1 Å². The molecule has 1 aliphatic carbocycles. The molecule has 12 rings (SSSR count). The second kappa shape index (κ2) is 10.3. The average molecular weight is 682 g/mol. The van der Waals surface area contributed by atoms with Gasteiger partial charge >= 0.3 is 0 Å². The van der Waals surface area contributed by atoms with Gasteiger partial charge in [-0.3, -0.25) is 15.0 Å². The summed E-state index contributed by atoms with van der Waals surface area (Å²) in [4.78, 5) is 16.9. The lowest BCUT2D eigenvalue weighted by atomic mass is 9.67. The summed E-state index contributed by atoms with van der Waals surface area (Å²) in [6.07, 6.45) is 7.65. The van der Waals surface area contributed by atoms with E-state index >= 15 is 0 Å². The Morgan fingerprint density at radius 2 is 0.904 bits per heavy atom. The number of benzene rings is 5. The van der Waals surface area contributed by atoms with Gasteiger partial charge in [0.2, 0.25) is 0 Å². The van der Waals surface area contributed by atoms with Gasteiger partial charge in [0.25, 0.3) is 0 Å². The normalized spacial score (nSPS) is 13.8. The number of para-hydroxylation sites is 3. The summed E-state index contributed by atoms with van der Waals surface area (Å²) >= 11 is 1.85. The summed E-state index contributed by atoms with van der Waals surface area (Å²) in [5.41, 5.74) is 13.1. The van der Waals surface area contributed by atoms with Crippen LogP contribution in [-0.4, -0.2) is 24.1 Å². The minimum Gasteiger partial charge on any atom is -0.309 e. The highest BCUT2D eigenvalue weighted by Gasteiger charge is 2.51. The maximum atomic E-state index is 4.96. The smallest absolute Gasteiger partial charge is 0.0937 e. The Morgan fingerprint density at radius 1 is 0.423 bits per heavy atom. The van der Waals surface area contributed by atoms with Crippen molar-refractivity contribution in [3.8, 4) is 22.8 Å². The van der Waals surface area contributed by atoms with E-state index in [2.05, 4.69) is 154 Å². The first-order chi connectivity index (χ1) is 25.8. The van der Waals surface area contributed by atoms with Gasteiger partial charge in [0.1, 0.15) is 0 Å². The van der Waals surface area contributed by atoms with Crippen molar-refractivity contribution in [1.29, 1.82) is 0 Å². The zero-order valence-corrected chi connectivity index (χ0v) is 28.5.